The molecule has 0 saturated carbocycles. The normalized spacial score (nSPS) is 18.4. The number of hydrogen-bond donors (Lipinski definition) is 2. The van der Waals surface area contributed by atoms with Crippen molar-refractivity contribution >= 4 is 11.6 Å². The molecule has 0 unspecified atom stereocenters. The van der Waals surface area contributed by atoms with Crippen molar-refractivity contribution in [3.8, 4) is 0 Å². The van der Waals surface area contributed by atoms with Crippen molar-refractivity contribution in [3.05, 3.63) is 65.7 Å². The minimum Gasteiger partial charge on any atom is -0.326 e. The second-order valence-electron chi connectivity index (χ2n) is 6.23. The molecule has 3 nitrogen and oxygen atoms in total. The molecule has 0 aliphatic carbocycles. The Bertz CT molecular complexity index is 731. The molecule has 2 aromatic carbocycles. The van der Waals surface area contributed by atoms with Crippen LogP contribution in [0.2, 0.25) is 0 Å². The summed E-state index contributed by atoms with van der Waals surface area (Å²) in [6, 6.07) is 14.2. The van der Waals surface area contributed by atoms with Crippen LogP contribution in [0.1, 0.15) is 23.5 Å². The van der Waals surface area contributed by atoms with E-state index in [0.717, 1.165) is 5.56 Å². The minimum atomic E-state index is -4.35. The molecule has 1 aliphatic rings. The van der Waals surface area contributed by atoms with E-state index in [-0.39, 0.29) is 31.2 Å². The number of anilines is 1. The van der Waals surface area contributed by atoms with Crippen LogP contribution in [0.3, 0.4) is 0 Å². The lowest BCUT2D eigenvalue weighted by molar-refractivity contribution is -0.155. The Hall–Kier alpha value is -2.34. The van der Waals surface area contributed by atoms with E-state index in [1.54, 1.807) is 42.5 Å². The van der Waals surface area contributed by atoms with Crippen LogP contribution >= 0.6 is 0 Å². The van der Waals surface area contributed by atoms with Crippen LogP contribution in [0.25, 0.3) is 0 Å². The number of nitrogens with one attached hydrogen (secondary N) is 2. The molecular formula is C19H19F3N2O. The third kappa shape index (κ3) is 4.39. The molecule has 0 spiro atoms. The summed E-state index contributed by atoms with van der Waals surface area (Å²) < 4.78 is 40.2. The second kappa shape index (κ2) is 7.27. The van der Waals surface area contributed by atoms with Crippen molar-refractivity contribution in [1.82, 2.24) is 5.32 Å². The van der Waals surface area contributed by atoms with E-state index < -0.39 is 12.2 Å². The van der Waals surface area contributed by atoms with Gasteiger partial charge in [-0.1, -0.05) is 48.5 Å². The Morgan fingerprint density at radius 2 is 1.76 bits per heavy atom. The molecule has 1 amide bonds. The van der Waals surface area contributed by atoms with Crippen LogP contribution in [0.4, 0.5) is 18.9 Å². The number of para-hydroxylation sites is 1. The first-order valence-corrected chi connectivity index (χ1v) is 8.16. The van der Waals surface area contributed by atoms with Gasteiger partial charge in [-0.05, 0) is 23.6 Å². The van der Waals surface area contributed by atoms with Gasteiger partial charge < -0.3 is 10.6 Å². The summed E-state index contributed by atoms with van der Waals surface area (Å²) in [5.74, 6) is -0.442. The molecular weight excluding hydrogens is 329 g/mol. The molecule has 0 bridgehead atoms. The van der Waals surface area contributed by atoms with Crippen molar-refractivity contribution in [1.29, 1.82) is 0 Å². The smallest absolute Gasteiger partial charge is 0.326 e. The standard InChI is InChI=1S/C19H19F3N2O/c20-19(21,22)17(10-13-6-2-1-3-7-13)23-12-14-11-18(25)24-16-9-5-4-8-15(14)16/h1-9,14,17,23H,10-12H2,(H,24,25)/t14-,17-/m0/s1. The van der Waals surface area contributed by atoms with Gasteiger partial charge in [0.2, 0.25) is 5.91 Å². The summed E-state index contributed by atoms with van der Waals surface area (Å²) >= 11 is 0. The quantitative estimate of drug-likeness (QED) is 0.861. The van der Waals surface area contributed by atoms with Gasteiger partial charge in [-0.2, -0.15) is 13.2 Å². The lowest BCUT2D eigenvalue weighted by Crippen LogP contribution is -2.46. The maximum Gasteiger partial charge on any atom is 0.404 e. The highest BCUT2D eigenvalue weighted by molar-refractivity contribution is 5.94. The number of hydrogen-bond acceptors (Lipinski definition) is 2. The van der Waals surface area contributed by atoms with E-state index in [2.05, 4.69) is 10.6 Å². The fourth-order valence-electron chi connectivity index (χ4n) is 3.12. The predicted octanol–water partition coefficient (Wildman–Crippen LogP) is 3.88. The first-order valence-electron chi connectivity index (χ1n) is 8.16. The SMILES string of the molecule is O=C1C[C@@H](CN[C@@H](Cc2ccccc2)C(F)(F)F)c2ccccc2N1. The summed E-state index contributed by atoms with van der Waals surface area (Å²) in [4.78, 5) is 11.8. The Morgan fingerprint density at radius 1 is 1.08 bits per heavy atom. The number of amides is 1. The monoisotopic (exact) mass is 348 g/mol. The van der Waals surface area contributed by atoms with E-state index in [9.17, 15) is 18.0 Å². The molecule has 0 aromatic heterocycles. The number of rotatable bonds is 5. The van der Waals surface area contributed by atoms with Crippen molar-refractivity contribution in [2.75, 3.05) is 11.9 Å². The first-order chi connectivity index (χ1) is 11.9. The van der Waals surface area contributed by atoms with E-state index >= 15 is 0 Å². The van der Waals surface area contributed by atoms with Crippen LogP contribution in [0.5, 0.6) is 0 Å². The zero-order valence-electron chi connectivity index (χ0n) is 13.5. The molecule has 0 saturated heterocycles. The number of alkyl halides is 3. The van der Waals surface area contributed by atoms with Gasteiger partial charge in [-0.15, -0.1) is 0 Å². The van der Waals surface area contributed by atoms with E-state index in [4.69, 9.17) is 0 Å². The highest BCUT2D eigenvalue weighted by atomic mass is 19.4. The Morgan fingerprint density at radius 3 is 2.48 bits per heavy atom. The molecule has 132 valence electrons. The fourth-order valence-corrected chi connectivity index (χ4v) is 3.12. The summed E-state index contributed by atoms with van der Waals surface area (Å²) in [5, 5.41) is 5.39. The summed E-state index contributed by atoms with van der Waals surface area (Å²) in [5.41, 5.74) is 2.17. The van der Waals surface area contributed by atoms with Crippen LogP contribution < -0.4 is 10.6 Å². The van der Waals surface area contributed by atoms with Gasteiger partial charge in [-0.25, -0.2) is 0 Å². The molecule has 0 fully saturated rings. The van der Waals surface area contributed by atoms with Crippen LogP contribution in [-0.2, 0) is 11.2 Å². The van der Waals surface area contributed by atoms with Gasteiger partial charge in [0, 0.05) is 24.6 Å². The minimum absolute atomic E-state index is 0.0987. The third-order valence-electron chi connectivity index (χ3n) is 4.39. The Kier molecular flexibility index (Phi) is 5.08. The molecule has 6 heteroatoms. The first kappa shape index (κ1) is 17.5. The van der Waals surface area contributed by atoms with Crippen molar-refractivity contribution < 1.29 is 18.0 Å². The Balaban J connectivity index is 1.72. The average Bonchev–Trinajstić information content (AvgIpc) is 2.58. The van der Waals surface area contributed by atoms with E-state index in [1.807, 2.05) is 12.1 Å². The van der Waals surface area contributed by atoms with Crippen molar-refractivity contribution in [3.63, 3.8) is 0 Å². The van der Waals surface area contributed by atoms with Gasteiger partial charge in [0.25, 0.3) is 0 Å². The highest BCUT2D eigenvalue weighted by Crippen LogP contribution is 2.32. The zero-order chi connectivity index (χ0) is 17.9. The van der Waals surface area contributed by atoms with Crippen LogP contribution in [0.15, 0.2) is 54.6 Å². The van der Waals surface area contributed by atoms with Gasteiger partial charge in [-0.3, -0.25) is 4.79 Å². The van der Waals surface area contributed by atoms with Crippen LogP contribution in [-0.4, -0.2) is 24.7 Å². The molecule has 2 atom stereocenters. The molecule has 2 aromatic rings. The summed E-state index contributed by atoms with van der Waals surface area (Å²) in [6.45, 7) is 0.0987. The molecule has 0 radical (unpaired) electrons. The van der Waals surface area contributed by atoms with Gasteiger partial charge in [0.05, 0.1) is 0 Å². The maximum absolute atomic E-state index is 13.4. The number of carbonyl (C=O) groups is 1. The lowest BCUT2D eigenvalue weighted by atomic mass is 9.90. The lowest BCUT2D eigenvalue weighted by Gasteiger charge is -2.29. The van der Waals surface area contributed by atoms with Crippen molar-refractivity contribution in [2.24, 2.45) is 0 Å². The highest BCUT2D eigenvalue weighted by Gasteiger charge is 2.40. The molecule has 3 rings (SSSR count). The number of carbonyl (C=O) groups excluding carboxylic acids is 1. The average molecular weight is 348 g/mol. The number of fused-ring (bicyclic) bond motifs is 1. The summed E-state index contributed by atoms with van der Waals surface area (Å²) in [6.07, 6.45) is -4.31. The van der Waals surface area contributed by atoms with Crippen LogP contribution in [0, 0.1) is 0 Å². The second-order valence-corrected chi connectivity index (χ2v) is 6.23. The van der Waals surface area contributed by atoms with Crippen molar-refractivity contribution in [2.45, 2.75) is 31.0 Å². The third-order valence-corrected chi connectivity index (χ3v) is 4.39. The largest absolute Gasteiger partial charge is 0.404 e. The molecule has 25 heavy (non-hydrogen) atoms. The Labute approximate surface area is 144 Å². The predicted molar refractivity (Wildman–Crippen MR) is 90.4 cm³/mol. The maximum atomic E-state index is 13.4. The summed E-state index contributed by atoms with van der Waals surface area (Å²) in [7, 11) is 0. The van der Waals surface area contributed by atoms with Gasteiger partial charge >= 0.3 is 6.18 Å². The molecule has 1 aliphatic heterocycles. The van der Waals surface area contributed by atoms with E-state index in [1.165, 1.54) is 0 Å². The van der Waals surface area contributed by atoms with Gasteiger partial charge in [0.15, 0.2) is 0 Å². The fraction of sp³-hybridized carbons (Fsp3) is 0.316. The molecule has 2 N–H and O–H groups in total. The number of benzene rings is 2. The van der Waals surface area contributed by atoms with E-state index in [0.29, 0.717) is 11.3 Å². The zero-order valence-corrected chi connectivity index (χ0v) is 13.5. The number of halogens is 3. The molecule has 1 heterocycles. The van der Waals surface area contributed by atoms with Gasteiger partial charge in [0.1, 0.15) is 6.04 Å². The topological polar surface area (TPSA) is 41.1 Å².